The zero-order valence-electron chi connectivity index (χ0n) is 10.2. The lowest BCUT2D eigenvalue weighted by atomic mass is 10.0. The van der Waals surface area contributed by atoms with E-state index in [4.69, 9.17) is 0 Å². The summed E-state index contributed by atoms with van der Waals surface area (Å²) in [5, 5.41) is 2.68. The molecule has 1 aliphatic rings. The van der Waals surface area contributed by atoms with E-state index in [1.165, 1.54) is 4.90 Å². The molecule has 0 spiro atoms. The lowest BCUT2D eigenvalue weighted by Gasteiger charge is -2.23. The number of nitrogens with one attached hydrogen (secondary N) is 1. The Hall–Kier alpha value is -1.84. The SMILES string of the molecule is CC(c1ccccc1)N1C(=O)NC(C)(C)C1=O. The standard InChI is InChI=1S/C13H16N2O2/c1-9(10-7-5-4-6-8-10)15-11(16)13(2,3)14-12(15)17/h4-9H,1-3H3,(H,14,17). The van der Waals surface area contributed by atoms with Gasteiger partial charge in [-0.15, -0.1) is 0 Å². The Balaban J connectivity index is 2.30. The van der Waals surface area contributed by atoms with Gasteiger partial charge in [-0.25, -0.2) is 4.79 Å². The van der Waals surface area contributed by atoms with Gasteiger partial charge in [0.25, 0.3) is 5.91 Å². The third-order valence-electron chi connectivity index (χ3n) is 3.06. The second kappa shape index (κ2) is 3.87. The van der Waals surface area contributed by atoms with Gasteiger partial charge in [0.1, 0.15) is 5.54 Å². The highest BCUT2D eigenvalue weighted by atomic mass is 16.2. The molecule has 1 aliphatic heterocycles. The van der Waals surface area contributed by atoms with Gasteiger partial charge in [-0.3, -0.25) is 9.69 Å². The van der Waals surface area contributed by atoms with E-state index in [0.29, 0.717) is 0 Å². The van der Waals surface area contributed by atoms with Gasteiger partial charge in [0.2, 0.25) is 0 Å². The van der Waals surface area contributed by atoms with Gasteiger partial charge in [0, 0.05) is 0 Å². The third kappa shape index (κ3) is 1.90. The summed E-state index contributed by atoms with van der Waals surface area (Å²) in [7, 11) is 0. The Kier molecular flexibility index (Phi) is 2.65. The zero-order valence-corrected chi connectivity index (χ0v) is 10.2. The van der Waals surface area contributed by atoms with E-state index in [2.05, 4.69) is 5.32 Å². The number of nitrogens with zero attached hydrogens (tertiary/aromatic N) is 1. The Morgan fingerprint density at radius 2 is 1.76 bits per heavy atom. The first-order valence-electron chi connectivity index (χ1n) is 5.64. The largest absolute Gasteiger partial charge is 0.325 e. The Morgan fingerprint density at radius 1 is 1.18 bits per heavy atom. The fourth-order valence-corrected chi connectivity index (χ4v) is 2.01. The molecule has 1 atom stereocenters. The van der Waals surface area contributed by atoms with Crippen molar-refractivity contribution in [3.63, 3.8) is 0 Å². The molecule has 0 aromatic heterocycles. The van der Waals surface area contributed by atoms with Crippen LogP contribution in [0.2, 0.25) is 0 Å². The van der Waals surface area contributed by atoms with Crippen LogP contribution in [0.15, 0.2) is 30.3 Å². The predicted molar refractivity (Wildman–Crippen MR) is 64.3 cm³/mol. The van der Waals surface area contributed by atoms with E-state index in [9.17, 15) is 9.59 Å². The molecule has 1 N–H and O–H groups in total. The van der Waals surface area contributed by atoms with Gasteiger partial charge in [-0.1, -0.05) is 30.3 Å². The van der Waals surface area contributed by atoms with E-state index < -0.39 is 5.54 Å². The smallest absolute Gasteiger partial charge is 0.324 e. The quantitative estimate of drug-likeness (QED) is 0.794. The van der Waals surface area contributed by atoms with Crippen LogP contribution in [0.25, 0.3) is 0 Å². The molecule has 0 saturated carbocycles. The molecule has 0 radical (unpaired) electrons. The molecule has 1 aromatic rings. The number of amides is 3. The molecule has 1 aromatic carbocycles. The van der Waals surface area contributed by atoms with Crippen molar-refractivity contribution in [2.24, 2.45) is 0 Å². The molecule has 1 fully saturated rings. The second-order valence-electron chi connectivity index (χ2n) is 4.82. The molecule has 0 aliphatic carbocycles. The summed E-state index contributed by atoms with van der Waals surface area (Å²) < 4.78 is 0. The summed E-state index contributed by atoms with van der Waals surface area (Å²) in [6.45, 7) is 5.28. The molecule has 4 nitrogen and oxygen atoms in total. The van der Waals surface area contributed by atoms with Crippen molar-refractivity contribution in [3.8, 4) is 0 Å². The average molecular weight is 232 g/mol. The summed E-state index contributed by atoms with van der Waals surface area (Å²) in [4.78, 5) is 25.2. The molecule has 1 unspecified atom stereocenters. The zero-order chi connectivity index (χ0) is 12.6. The van der Waals surface area contributed by atoms with Gasteiger partial charge >= 0.3 is 6.03 Å². The van der Waals surface area contributed by atoms with Crippen LogP contribution in [-0.2, 0) is 4.79 Å². The maximum absolute atomic E-state index is 12.1. The fraction of sp³-hybridized carbons (Fsp3) is 0.385. The summed E-state index contributed by atoms with van der Waals surface area (Å²) in [5.74, 6) is -0.182. The second-order valence-corrected chi connectivity index (χ2v) is 4.82. The summed E-state index contributed by atoms with van der Waals surface area (Å²) in [6, 6.07) is 8.96. The summed E-state index contributed by atoms with van der Waals surface area (Å²) in [5.41, 5.74) is 0.147. The summed E-state index contributed by atoms with van der Waals surface area (Å²) >= 11 is 0. The van der Waals surface area contributed by atoms with Crippen LogP contribution >= 0.6 is 0 Å². The number of carbonyl (C=O) groups excluding carboxylic acids is 2. The number of imide groups is 1. The highest BCUT2D eigenvalue weighted by Gasteiger charge is 2.46. The van der Waals surface area contributed by atoms with Gasteiger partial charge < -0.3 is 5.32 Å². The van der Waals surface area contributed by atoms with Crippen molar-refractivity contribution < 1.29 is 9.59 Å². The van der Waals surface area contributed by atoms with E-state index in [0.717, 1.165) is 5.56 Å². The first-order valence-corrected chi connectivity index (χ1v) is 5.64. The van der Waals surface area contributed by atoms with E-state index in [1.54, 1.807) is 13.8 Å². The molecule has 2 rings (SSSR count). The molecular weight excluding hydrogens is 216 g/mol. The number of hydrogen-bond donors (Lipinski definition) is 1. The maximum Gasteiger partial charge on any atom is 0.325 e. The Morgan fingerprint density at radius 3 is 2.24 bits per heavy atom. The van der Waals surface area contributed by atoms with Gasteiger partial charge in [-0.2, -0.15) is 0 Å². The monoisotopic (exact) mass is 232 g/mol. The number of carbonyl (C=O) groups is 2. The molecule has 1 heterocycles. The molecular formula is C13H16N2O2. The number of hydrogen-bond acceptors (Lipinski definition) is 2. The van der Waals surface area contributed by atoms with Crippen molar-refractivity contribution >= 4 is 11.9 Å². The molecule has 17 heavy (non-hydrogen) atoms. The van der Waals surface area contributed by atoms with Crippen LogP contribution in [0, 0.1) is 0 Å². The van der Waals surface area contributed by atoms with E-state index >= 15 is 0 Å². The van der Waals surface area contributed by atoms with Crippen LogP contribution in [-0.4, -0.2) is 22.4 Å². The van der Waals surface area contributed by atoms with Crippen molar-refractivity contribution in [1.82, 2.24) is 10.2 Å². The number of benzene rings is 1. The Labute approximate surface area is 101 Å². The van der Waals surface area contributed by atoms with Crippen LogP contribution in [0.3, 0.4) is 0 Å². The van der Waals surface area contributed by atoms with Crippen molar-refractivity contribution in [2.75, 3.05) is 0 Å². The summed E-state index contributed by atoms with van der Waals surface area (Å²) in [6.07, 6.45) is 0. The fourth-order valence-electron chi connectivity index (χ4n) is 2.01. The van der Waals surface area contributed by atoms with Crippen molar-refractivity contribution in [1.29, 1.82) is 0 Å². The van der Waals surface area contributed by atoms with Crippen molar-refractivity contribution in [3.05, 3.63) is 35.9 Å². The first kappa shape index (κ1) is 11.6. The minimum absolute atomic E-state index is 0.182. The van der Waals surface area contributed by atoms with Gasteiger partial charge in [0.15, 0.2) is 0 Å². The van der Waals surface area contributed by atoms with Gasteiger partial charge in [-0.05, 0) is 26.3 Å². The van der Waals surface area contributed by atoms with Crippen LogP contribution in [0.5, 0.6) is 0 Å². The van der Waals surface area contributed by atoms with Crippen LogP contribution in [0.4, 0.5) is 4.79 Å². The lowest BCUT2D eigenvalue weighted by Crippen LogP contribution is -2.40. The first-order chi connectivity index (χ1) is 7.93. The number of rotatable bonds is 2. The molecule has 90 valence electrons. The number of urea groups is 1. The average Bonchev–Trinajstić information content (AvgIpc) is 2.49. The lowest BCUT2D eigenvalue weighted by molar-refractivity contribution is -0.131. The maximum atomic E-state index is 12.1. The van der Waals surface area contributed by atoms with Gasteiger partial charge in [0.05, 0.1) is 6.04 Å². The minimum atomic E-state index is -0.805. The predicted octanol–water partition coefficient (Wildman–Crippen LogP) is 2.08. The topological polar surface area (TPSA) is 49.4 Å². The molecule has 1 saturated heterocycles. The minimum Gasteiger partial charge on any atom is -0.324 e. The normalized spacial score (nSPS) is 20.3. The highest BCUT2D eigenvalue weighted by Crippen LogP contribution is 2.27. The van der Waals surface area contributed by atoms with Crippen LogP contribution < -0.4 is 5.32 Å². The van der Waals surface area contributed by atoms with Crippen LogP contribution in [0.1, 0.15) is 32.4 Å². The highest BCUT2D eigenvalue weighted by molar-refractivity contribution is 6.06. The van der Waals surface area contributed by atoms with E-state index in [-0.39, 0.29) is 18.0 Å². The molecule has 0 bridgehead atoms. The molecule has 3 amide bonds. The van der Waals surface area contributed by atoms with Crippen molar-refractivity contribution in [2.45, 2.75) is 32.4 Å². The Bertz CT molecular complexity index is 454. The van der Waals surface area contributed by atoms with E-state index in [1.807, 2.05) is 37.3 Å². The molecule has 4 heteroatoms. The third-order valence-corrected chi connectivity index (χ3v) is 3.06.